The molecule has 0 aliphatic carbocycles. The Morgan fingerprint density at radius 3 is 2.55 bits per heavy atom. The Morgan fingerprint density at radius 1 is 1.25 bits per heavy atom. The van der Waals surface area contributed by atoms with Gasteiger partial charge < -0.3 is 5.32 Å². The van der Waals surface area contributed by atoms with Crippen molar-refractivity contribution < 1.29 is 21.6 Å². The fraction of sp³-hybridized carbons (Fsp3) is 0.500. The maximum Gasteiger partial charge on any atom is 0.246 e. The average Bonchev–Trinajstić information content (AvgIpc) is 2.83. The molecule has 1 saturated heterocycles. The van der Waals surface area contributed by atoms with E-state index in [0.29, 0.717) is 25.5 Å². The maximum atomic E-state index is 13.7. The molecule has 0 bridgehead atoms. The molecule has 1 aliphatic heterocycles. The molecule has 2 rings (SSSR count). The van der Waals surface area contributed by atoms with Crippen LogP contribution in [-0.2, 0) is 10.0 Å². The lowest BCUT2D eigenvalue weighted by Gasteiger charge is -2.24. The van der Waals surface area contributed by atoms with Crippen molar-refractivity contribution in [2.45, 2.75) is 23.8 Å². The molecule has 20 heavy (non-hydrogen) atoms. The van der Waals surface area contributed by atoms with Gasteiger partial charge in [0.2, 0.25) is 10.0 Å². The molecule has 0 amide bonds. The molecule has 1 aliphatic rings. The van der Waals surface area contributed by atoms with Crippen molar-refractivity contribution in [2.75, 3.05) is 20.1 Å². The average molecular weight is 308 g/mol. The highest BCUT2D eigenvalue weighted by atomic mass is 32.2. The van der Waals surface area contributed by atoms with Crippen molar-refractivity contribution in [3.63, 3.8) is 0 Å². The first-order valence-electron chi connectivity index (χ1n) is 6.19. The van der Waals surface area contributed by atoms with E-state index in [1.807, 2.05) is 0 Å². The van der Waals surface area contributed by atoms with Gasteiger partial charge in [-0.15, -0.1) is 0 Å². The minimum Gasteiger partial charge on any atom is -0.318 e. The van der Waals surface area contributed by atoms with Gasteiger partial charge in [-0.2, -0.15) is 4.31 Å². The van der Waals surface area contributed by atoms with Gasteiger partial charge in [0.1, 0.15) is 10.7 Å². The zero-order valence-corrected chi connectivity index (χ0v) is 11.7. The van der Waals surface area contributed by atoms with Gasteiger partial charge in [0.05, 0.1) is 0 Å². The van der Waals surface area contributed by atoms with Gasteiger partial charge >= 0.3 is 0 Å². The highest BCUT2D eigenvalue weighted by Crippen LogP contribution is 2.28. The van der Waals surface area contributed by atoms with Gasteiger partial charge in [-0.3, -0.25) is 0 Å². The number of rotatable bonds is 4. The zero-order chi connectivity index (χ0) is 14.9. The molecule has 4 nitrogen and oxygen atoms in total. The molecule has 0 aromatic heterocycles. The van der Waals surface area contributed by atoms with E-state index in [0.717, 1.165) is 4.31 Å². The summed E-state index contributed by atoms with van der Waals surface area (Å²) in [7, 11) is -2.49. The van der Waals surface area contributed by atoms with E-state index in [4.69, 9.17) is 0 Å². The van der Waals surface area contributed by atoms with Crippen LogP contribution in [0.25, 0.3) is 0 Å². The largest absolute Gasteiger partial charge is 0.318 e. The summed E-state index contributed by atoms with van der Waals surface area (Å²) in [5, 5.41) is 2.86. The Kier molecular flexibility index (Phi) is 4.36. The van der Waals surface area contributed by atoms with Crippen molar-refractivity contribution in [1.29, 1.82) is 0 Å². The van der Waals surface area contributed by atoms with Crippen LogP contribution >= 0.6 is 0 Å². The minimum atomic E-state index is -4.17. The standard InChI is InChI=1S/C12H15F3N2O2S/c1-16-7-8-3-2-4-17(8)20(18,19)12-6-10(14)9(13)5-11(12)15/h5-6,8,16H,2-4,7H2,1H3/t8-/m0/s1. The van der Waals surface area contributed by atoms with Gasteiger partial charge in [0, 0.05) is 25.2 Å². The van der Waals surface area contributed by atoms with Crippen LogP contribution in [0.5, 0.6) is 0 Å². The SMILES string of the molecule is CNC[C@@H]1CCCN1S(=O)(=O)c1cc(F)c(F)cc1F. The Labute approximate surface area is 115 Å². The first kappa shape index (κ1) is 15.3. The van der Waals surface area contributed by atoms with Crippen LogP contribution in [0.4, 0.5) is 13.2 Å². The first-order valence-corrected chi connectivity index (χ1v) is 7.63. The second-order valence-electron chi connectivity index (χ2n) is 4.67. The van der Waals surface area contributed by atoms with E-state index in [1.165, 1.54) is 0 Å². The molecule has 1 atom stereocenters. The molecule has 0 unspecified atom stereocenters. The van der Waals surface area contributed by atoms with Gasteiger partial charge in [0.15, 0.2) is 11.6 Å². The second kappa shape index (κ2) is 5.71. The molecule has 0 saturated carbocycles. The Bertz CT molecular complexity index is 607. The molecule has 0 radical (unpaired) electrons. The topological polar surface area (TPSA) is 49.4 Å². The summed E-state index contributed by atoms with van der Waals surface area (Å²) < 4.78 is 65.6. The van der Waals surface area contributed by atoms with E-state index >= 15 is 0 Å². The van der Waals surface area contributed by atoms with Gasteiger partial charge in [0.25, 0.3) is 0 Å². The monoisotopic (exact) mass is 308 g/mol. The van der Waals surface area contributed by atoms with E-state index in [1.54, 1.807) is 7.05 Å². The lowest BCUT2D eigenvalue weighted by Crippen LogP contribution is -2.41. The summed E-state index contributed by atoms with van der Waals surface area (Å²) in [6, 6.07) is 0.345. The molecular formula is C12H15F3N2O2S. The van der Waals surface area contributed by atoms with Crippen molar-refractivity contribution in [3.8, 4) is 0 Å². The lowest BCUT2D eigenvalue weighted by atomic mass is 10.2. The quantitative estimate of drug-likeness (QED) is 0.857. The first-order chi connectivity index (χ1) is 9.37. The normalized spacial score (nSPS) is 20.5. The van der Waals surface area contributed by atoms with Crippen LogP contribution in [0.2, 0.25) is 0 Å². The summed E-state index contributed by atoms with van der Waals surface area (Å²) in [6.45, 7) is 0.664. The van der Waals surface area contributed by atoms with Crippen molar-refractivity contribution in [2.24, 2.45) is 0 Å². The summed E-state index contributed by atoms with van der Waals surface area (Å²) in [5.74, 6) is -4.07. The summed E-state index contributed by atoms with van der Waals surface area (Å²) in [5.41, 5.74) is 0. The maximum absolute atomic E-state index is 13.7. The Balaban J connectivity index is 2.42. The van der Waals surface area contributed by atoms with Crippen LogP contribution in [0, 0.1) is 17.5 Å². The highest BCUT2D eigenvalue weighted by molar-refractivity contribution is 7.89. The molecule has 0 spiro atoms. The summed E-state index contributed by atoms with van der Waals surface area (Å²) in [6.07, 6.45) is 1.29. The van der Waals surface area contributed by atoms with Crippen molar-refractivity contribution in [1.82, 2.24) is 9.62 Å². The fourth-order valence-electron chi connectivity index (χ4n) is 2.39. The molecule has 1 N–H and O–H groups in total. The van der Waals surface area contributed by atoms with Crippen LogP contribution in [0.15, 0.2) is 17.0 Å². The number of benzene rings is 1. The number of nitrogens with one attached hydrogen (secondary N) is 1. The number of likely N-dealkylation sites (N-methyl/N-ethyl adjacent to an activating group) is 1. The number of sulfonamides is 1. The van der Waals surface area contributed by atoms with E-state index in [2.05, 4.69) is 5.32 Å². The molecule has 1 heterocycles. The Hall–Kier alpha value is -1.12. The van der Waals surface area contributed by atoms with Crippen LogP contribution < -0.4 is 5.32 Å². The predicted molar refractivity (Wildman–Crippen MR) is 67.2 cm³/mol. The molecule has 1 aromatic carbocycles. The second-order valence-corrected chi connectivity index (χ2v) is 6.53. The lowest BCUT2D eigenvalue weighted by molar-refractivity contribution is 0.375. The van der Waals surface area contributed by atoms with Crippen molar-refractivity contribution >= 4 is 10.0 Å². The molecule has 1 fully saturated rings. The highest BCUT2D eigenvalue weighted by Gasteiger charge is 2.36. The molecule has 1 aromatic rings. The van der Waals surface area contributed by atoms with Crippen LogP contribution in [-0.4, -0.2) is 38.9 Å². The minimum absolute atomic E-state index is 0.243. The van der Waals surface area contributed by atoms with Gasteiger partial charge in [-0.25, -0.2) is 21.6 Å². The van der Waals surface area contributed by atoms with Crippen LogP contribution in [0.1, 0.15) is 12.8 Å². The van der Waals surface area contributed by atoms with E-state index < -0.39 is 32.4 Å². The Morgan fingerprint density at radius 2 is 1.90 bits per heavy atom. The van der Waals surface area contributed by atoms with Gasteiger partial charge in [-0.1, -0.05) is 0 Å². The predicted octanol–water partition coefficient (Wildman–Crippen LogP) is 1.48. The van der Waals surface area contributed by atoms with Crippen molar-refractivity contribution in [3.05, 3.63) is 29.6 Å². The third kappa shape index (κ3) is 2.68. The number of halogens is 3. The fourth-order valence-corrected chi connectivity index (χ4v) is 4.15. The number of nitrogens with zero attached hydrogens (tertiary/aromatic N) is 1. The molecule has 112 valence electrons. The van der Waals surface area contributed by atoms with Crippen LogP contribution in [0.3, 0.4) is 0 Å². The number of hydrogen-bond acceptors (Lipinski definition) is 3. The van der Waals surface area contributed by atoms with E-state index in [9.17, 15) is 21.6 Å². The summed E-state index contributed by atoms with van der Waals surface area (Å²) in [4.78, 5) is -0.820. The zero-order valence-electron chi connectivity index (χ0n) is 10.9. The summed E-state index contributed by atoms with van der Waals surface area (Å²) >= 11 is 0. The van der Waals surface area contributed by atoms with Gasteiger partial charge in [-0.05, 0) is 26.0 Å². The third-order valence-electron chi connectivity index (χ3n) is 3.32. The van der Waals surface area contributed by atoms with E-state index in [-0.39, 0.29) is 18.7 Å². The smallest absolute Gasteiger partial charge is 0.246 e. The third-order valence-corrected chi connectivity index (χ3v) is 5.29. The molecule has 8 heteroatoms. The molecular weight excluding hydrogens is 293 g/mol. The number of hydrogen-bond donors (Lipinski definition) is 1.